The molecule has 0 saturated carbocycles. The van der Waals surface area contributed by atoms with Crippen LogP contribution in [0.3, 0.4) is 0 Å². The third kappa shape index (κ3) is 11.5. The van der Waals surface area contributed by atoms with Gasteiger partial charge in [0.1, 0.15) is 11.5 Å². The zero-order valence-corrected chi connectivity index (χ0v) is 24.9. The number of rotatable bonds is 6. The molecule has 0 heterocycles. The SMILES string of the molecule is COc1ccc(CS(=O)(=O)Cc2ccc(OC)cc2)cc1.[H-].[H-].[H-].[H-].[Na+].[Na+].[Na+].[Na+]. The molecule has 4 nitrogen and oxygen atoms in total. The van der Waals surface area contributed by atoms with E-state index in [1.165, 1.54) is 0 Å². The van der Waals surface area contributed by atoms with Gasteiger partial charge in [0.2, 0.25) is 0 Å². The Morgan fingerprint density at radius 2 is 0.960 bits per heavy atom. The summed E-state index contributed by atoms with van der Waals surface area (Å²) in [4.78, 5) is 0. The van der Waals surface area contributed by atoms with Crippen molar-refractivity contribution in [3.05, 3.63) is 59.7 Å². The van der Waals surface area contributed by atoms with Gasteiger partial charge in [0.25, 0.3) is 0 Å². The minimum Gasteiger partial charge on any atom is -1.00 e. The van der Waals surface area contributed by atoms with E-state index in [1.807, 2.05) is 0 Å². The Hall–Kier alpha value is 1.99. The van der Waals surface area contributed by atoms with Gasteiger partial charge in [-0.2, -0.15) is 0 Å². The zero-order valence-electron chi connectivity index (χ0n) is 20.1. The van der Waals surface area contributed by atoms with E-state index >= 15 is 0 Å². The molecule has 0 unspecified atom stereocenters. The van der Waals surface area contributed by atoms with Gasteiger partial charge in [0.15, 0.2) is 9.84 Å². The average molecular weight is 402 g/mol. The number of hydrogen-bond donors (Lipinski definition) is 0. The Labute approximate surface area is 244 Å². The molecule has 0 spiro atoms. The van der Waals surface area contributed by atoms with Gasteiger partial charge in [0, 0.05) is 0 Å². The molecule has 0 aliphatic carbocycles. The topological polar surface area (TPSA) is 52.6 Å². The third-order valence-corrected chi connectivity index (χ3v) is 4.64. The van der Waals surface area contributed by atoms with Crippen molar-refractivity contribution in [3.63, 3.8) is 0 Å². The fourth-order valence-electron chi connectivity index (χ4n) is 2.00. The largest absolute Gasteiger partial charge is 1.00 e. The maximum absolute atomic E-state index is 12.2. The monoisotopic (exact) mass is 402 g/mol. The Kier molecular flexibility index (Phi) is 20.1. The van der Waals surface area contributed by atoms with Crippen molar-refractivity contribution in [1.29, 1.82) is 0 Å². The number of sulfone groups is 1. The summed E-state index contributed by atoms with van der Waals surface area (Å²) in [6, 6.07) is 14.1. The Balaban J connectivity index is -0.000000121. The van der Waals surface area contributed by atoms with Crippen molar-refractivity contribution in [2.45, 2.75) is 11.5 Å². The first kappa shape index (κ1) is 31.7. The molecule has 9 heteroatoms. The summed E-state index contributed by atoms with van der Waals surface area (Å²) in [6.45, 7) is 0. The predicted octanol–water partition coefficient (Wildman–Crippen LogP) is -8.72. The van der Waals surface area contributed by atoms with Gasteiger partial charge in [-0.05, 0) is 35.4 Å². The molecular formula is C16H22Na4O4S. The summed E-state index contributed by atoms with van der Waals surface area (Å²) in [7, 11) is -0.0509. The van der Waals surface area contributed by atoms with Gasteiger partial charge in [-0.3, -0.25) is 0 Å². The quantitative estimate of drug-likeness (QED) is 0.451. The van der Waals surface area contributed by atoms with Gasteiger partial charge in [-0.25, -0.2) is 8.42 Å². The van der Waals surface area contributed by atoms with Crippen molar-refractivity contribution in [3.8, 4) is 11.5 Å². The number of methoxy groups -OCH3 is 2. The van der Waals surface area contributed by atoms with Crippen molar-refractivity contribution in [2.75, 3.05) is 14.2 Å². The number of benzene rings is 2. The van der Waals surface area contributed by atoms with E-state index in [4.69, 9.17) is 9.47 Å². The molecular weight excluding hydrogens is 380 g/mol. The molecule has 0 radical (unpaired) electrons. The fraction of sp³-hybridized carbons (Fsp3) is 0.250. The van der Waals surface area contributed by atoms with Crippen molar-refractivity contribution in [2.24, 2.45) is 0 Å². The molecule has 0 aliphatic rings. The van der Waals surface area contributed by atoms with E-state index in [2.05, 4.69) is 0 Å². The fourth-order valence-corrected chi connectivity index (χ4v) is 3.51. The second-order valence-electron chi connectivity index (χ2n) is 4.73. The molecule has 0 atom stereocenters. The summed E-state index contributed by atoms with van der Waals surface area (Å²) < 4.78 is 34.5. The van der Waals surface area contributed by atoms with Crippen LogP contribution in [0, 0.1) is 0 Å². The molecule has 2 aromatic carbocycles. The van der Waals surface area contributed by atoms with Crippen LogP contribution in [0.4, 0.5) is 0 Å². The van der Waals surface area contributed by atoms with Gasteiger partial charge in [-0.1, -0.05) is 24.3 Å². The van der Waals surface area contributed by atoms with Crippen LogP contribution in [0.5, 0.6) is 11.5 Å². The van der Waals surface area contributed by atoms with Crippen molar-refractivity contribution in [1.82, 2.24) is 0 Å². The maximum atomic E-state index is 12.2. The van der Waals surface area contributed by atoms with Crippen LogP contribution in [-0.4, -0.2) is 22.6 Å². The van der Waals surface area contributed by atoms with Crippen LogP contribution in [-0.2, 0) is 21.3 Å². The number of ether oxygens (including phenoxy) is 2. The molecule has 0 N–H and O–H groups in total. The predicted molar refractivity (Wildman–Crippen MR) is 86.8 cm³/mol. The Morgan fingerprint density at radius 1 is 0.680 bits per heavy atom. The summed E-state index contributed by atoms with van der Waals surface area (Å²) in [5.41, 5.74) is 1.51. The second kappa shape index (κ2) is 15.9. The minimum atomic E-state index is -3.21. The molecule has 120 valence electrons. The molecule has 2 aromatic rings. The molecule has 0 aromatic heterocycles. The van der Waals surface area contributed by atoms with Crippen molar-refractivity contribution < 1.29 is 142 Å². The average Bonchev–Trinajstić information content (AvgIpc) is 2.48. The zero-order chi connectivity index (χ0) is 15.3. The first-order valence-corrected chi connectivity index (χ1v) is 8.31. The summed E-state index contributed by atoms with van der Waals surface area (Å²) >= 11 is 0. The van der Waals surface area contributed by atoms with E-state index in [9.17, 15) is 8.42 Å². The van der Waals surface area contributed by atoms with E-state index in [1.54, 1.807) is 62.8 Å². The van der Waals surface area contributed by atoms with Crippen LogP contribution in [0.25, 0.3) is 0 Å². The van der Waals surface area contributed by atoms with Gasteiger partial charge in [-0.15, -0.1) is 0 Å². The normalized spacial score (nSPS) is 9.36. The van der Waals surface area contributed by atoms with Crippen LogP contribution in [0.2, 0.25) is 0 Å². The van der Waals surface area contributed by atoms with E-state index < -0.39 is 9.84 Å². The summed E-state index contributed by atoms with van der Waals surface area (Å²) in [5.74, 6) is 1.46. The van der Waals surface area contributed by atoms with Crippen LogP contribution in [0.1, 0.15) is 16.8 Å². The first-order chi connectivity index (χ1) is 10.0. The Morgan fingerprint density at radius 3 is 1.20 bits per heavy atom. The molecule has 0 fully saturated rings. The Bertz CT molecular complexity index is 650. The standard InChI is InChI=1S/C16H18O4S.4Na.4H/c1-19-15-7-3-13(4-8-15)11-21(17,18)12-14-5-9-16(20-2)10-6-14;;;;;;;;/h3-10H,11-12H2,1-2H3;;;;;;;;/q;4*+1;4*-1. The van der Waals surface area contributed by atoms with Crippen LogP contribution >= 0.6 is 0 Å². The summed E-state index contributed by atoms with van der Waals surface area (Å²) in [5, 5.41) is 0. The second-order valence-corrected chi connectivity index (χ2v) is 6.79. The van der Waals surface area contributed by atoms with Gasteiger partial charge < -0.3 is 15.2 Å². The van der Waals surface area contributed by atoms with Crippen LogP contribution in [0.15, 0.2) is 48.5 Å². The number of hydrogen-bond acceptors (Lipinski definition) is 4. The van der Waals surface area contributed by atoms with Crippen LogP contribution < -0.4 is 128 Å². The van der Waals surface area contributed by atoms with E-state index in [0.29, 0.717) is 11.5 Å². The first-order valence-electron chi connectivity index (χ1n) is 6.49. The smallest absolute Gasteiger partial charge is 1.00 e. The van der Waals surface area contributed by atoms with E-state index in [-0.39, 0.29) is 135 Å². The summed E-state index contributed by atoms with van der Waals surface area (Å²) in [6.07, 6.45) is 0. The molecule has 0 saturated heterocycles. The molecule has 25 heavy (non-hydrogen) atoms. The minimum absolute atomic E-state index is 0. The molecule has 0 bridgehead atoms. The van der Waals surface area contributed by atoms with Gasteiger partial charge in [0.05, 0.1) is 25.7 Å². The molecule has 2 rings (SSSR count). The molecule has 0 aliphatic heterocycles. The maximum Gasteiger partial charge on any atom is 1.00 e. The van der Waals surface area contributed by atoms with Crippen molar-refractivity contribution >= 4 is 9.84 Å². The van der Waals surface area contributed by atoms with E-state index in [0.717, 1.165) is 11.1 Å². The molecule has 0 amide bonds. The van der Waals surface area contributed by atoms with Gasteiger partial charge >= 0.3 is 118 Å². The third-order valence-electron chi connectivity index (χ3n) is 3.09.